The van der Waals surface area contributed by atoms with Crippen molar-refractivity contribution < 1.29 is 14.7 Å². The third kappa shape index (κ3) is 6.42. The lowest BCUT2D eigenvalue weighted by molar-refractivity contribution is -0.148. The summed E-state index contributed by atoms with van der Waals surface area (Å²) in [6, 6.07) is 24.2. The topological polar surface area (TPSA) is 57.6 Å². The average molecular weight is 428 g/mol. The van der Waals surface area contributed by atoms with E-state index in [2.05, 4.69) is 6.92 Å². The van der Waals surface area contributed by atoms with Crippen LogP contribution in [0.5, 0.6) is 0 Å². The van der Waals surface area contributed by atoms with Gasteiger partial charge in [-0.2, -0.15) is 0 Å². The van der Waals surface area contributed by atoms with E-state index in [1.165, 1.54) is 16.5 Å². The Kier molecular flexibility index (Phi) is 7.98. The Labute approximate surface area is 189 Å². The van der Waals surface area contributed by atoms with E-state index in [1.54, 1.807) is 6.08 Å². The van der Waals surface area contributed by atoms with Crippen molar-refractivity contribution in [1.82, 2.24) is 4.90 Å². The Hall–Kier alpha value is -3.66. The van der Waals surface area contributed by atoms with Gasteiger partial charge >= 0.3 is 5.97 Å². The lowest BCUT2D eigenvalue weighted by atomic mass is 10.0. The van der Waals surface area contributed by atoms with Crippen molar-refractivity contribution in [3.8, 4) is 0 Å². The van der Waals surface area contributed by atoms with Crippen LogP contribution in [0.4, 0.5) is 0 Å². The van der Waals surface area contributed by atoms with Gasteiger partial charge in [-0.15, -0.1) is 0 Å². The predicted octanol–water partition coefficient (Wildman–Crippen LogP) is 5.30. The second-order valence-corrected chi connectivity index (χ2v) is 7.92. The monoisotopic (exact) mass is 427 g/mol. The SMILES string of the molecule is CCc1ccc(CN(C(=O)C=Cc2ccc(C)cc2)[C@@H](Cc2ccccc2)C(=O)O)cc1. The molecule has 3 rings (SSSR count). The van der Waals surface area contributed by atoms with Gasteiger partial charge < -0.3 is 10.0 Å². The van der Waals surface area contributed by atoms with Gasteiger partial charge in [0, 0.05) is 19.0 Å². The number of carbonyl (C=O) groups excluding carboxylic acids is 1. The molecule has 0 aliphatic heterocycles. The van der Waals surface area contributed by atoms with Crippen LogP contribution in [-0.2, 0) is 29.0 Å². The van der Waals surface area contributed by atoms with E-state index in [0.717, 1.165) is 28.7 Å². The highest BCUT2D eigenvalue weighted by Crippen LogP contribution is 2.16. The van der Waals surface area contributed by atoms with Gasteiger partial charge in [0.05, 0.1) is 0 Å². The molecule has 4 nitrogen and oxygen atoms in total. The molecule has 0 unspecified atom stereocenters. The molecule has 0 bridgehead atoms. The molecule has 164 valence electrons. The normalized spacial score (nSPS) is 11.9. The molecule has 0 aromatic heterocycles. The molecule has 0 radical (unpaired) electrons. The summed E-state index contributed by atoms with van der Waals surface area (Å²) < 4.78 is 0. The Balaban J connectivity index is 1.89. The Bertz CT molecular complexity index is 1050. The predicted molar refractivity (Wildman–Crippen MR) is 128 cm³/mol. The summed E-state index contributed by atoms with van der Waals surface area (Å²) in [7, 11) is 0. The van der Waals surface area contributed by atoms with Crippen molar-refractivity contribution in [1.29, 1.82) is 0 Å². The number of hydrogen-bond donors (Lipinski definition) is 1. The van der Waals surface area contributed by atoms with Crippen molar-refractivity contribution in [3.63, 3.8) is 0 Å². The first-order valence-corrected chi connectivity index (χ1v) is 10.9. The van der Waals surface area contributed by atoms with Crippen LogP contribution in [0.15, 0.2) is 84.9 Å². The summed E-state index contributed by atoms with van der Waals surface area (Å²) in [6.45, 7) is 4.32. The molecule has 3 aromatic rings. The van der Waals surface area contributed by atoms with Gasteiger partial charge in [-0.05, 0) is 41.7 Å². The van der Waals surface area contributed by atoms with Crippen LogP contribution < -0.4 is 0 Å². The number of nitrogens with zero attached hydrogens (tertiary/aromatic N) is 1. The zero-order valence-corrected chi connectivity index (χ0v) is 18.6. The Morgan fingerprint density at radius 3 is 2.09 bits per heavy atom. The number of carbonyl (C=O) groups is 2. The maximum atomic E-state index is 13.2. The van der Waals surface area contributed by atoms with Gasteiger partial charge in [-0.3, -0.25) is 4.79 Å². The summed E-state index contributed by atoms with van der Waals surface area (Å²) in [5, 5.41) is 10.0. The van der Waals surface area contributed by atoms with Crippen molar-refractivity contribution >= 4 is 18.0 Å². The molecule has 0 aliphatic rings. The fourth-order valence-electron chi connectivity index (χ4n) is 3.53. The number of carboxylic acids is 1. The van der Waals surface area contributed by atoms with Crippen LogP contribution in [0.2, 0.25) is 0 Å². The molecule has 0 spiro atoms. The maximum Gasteiger partial charge on any atom is 0.326 e. The van der Waals surface area contributed by atoms with Gasteiger partial charge in [0.15, 0.2) is 0 Å². The fraction of sp³-hybridized carbons (Fsp3) is 0.214. The van der Waals surface area contributed by atoms with E-state index >= 15 is 0 Å². The molecule has 0 fully saturated rings. The van der Waals surface area contributed by atoms with E-state index in [-0.39, 0.29) is 18.9 Å². The first-order chi connectivity index (χ1) is 15.5. The minimum Gasteiger partial charge on any atom is -0.480 e. The molecule has 0 saturated carbocycles. The minimum absolute atomic E-state index is 0.227. The van der Waals surface area contributed by atoms with Gasteiger partial charge in [0.1, 0.15) is 6.04 Å². The molecule has 0 heterocycles. The average Bonchev–Trinajstić information content (AvgIpc) is 2.81. The zero-order chi connectivity index (χ0) is 22.9. The van der Waals surface area contributed by atoms with Crippen molar-refractivity contribution in [2.24, 2.45) is 0 Å². The molecule has 0 saturated heterocycles. The highest BCUT2D eigenvalue weighted by atomic mass is 16.4. The van der Waals surface area contributed by atoms with E-state index in [1.807, 2.05) is 85.8 Å². The standard InChI is InChI=1S/C28H29NO3/c1-3-22-13-15-25(16-14-22)20-29(26(28(31)32)19-24-7-5-4-6-8-24)27(30)18-17-23-11-9-21(2)10-12-23/h4-18,26H,3,19-20H2,1-2H3,(H,31,32)/t26-/m0/s1. The zero-order valence-electron chi connectivity index (χ0n) is 18.6. The largest absolute Gasteiger partial charge is 0.480 e. The van der Waals surface area contributed by atoms with Crippen LogP contribution in [0.25, 0.3) is 6.08 Å². The number of aliphatic carboxylic acids is 1. The summed E-state index contributed by atoms with van der Waals surface area (Å²) in [5.74, 6) is -1.34. The summed E-state index contributed by atoms with van der Waals surface area (Å²) in [6.07, 6.45) is 4.36. The quantitative estimate of drug-likeness (QED) is 0.472. The number of hydrogen-bond acceptors (Lipinski definition) is 2. The summed E-state index contributed by atoms with van der Waals surface area (Å²) >= 11 is 0. The Morgan fingerprint density at radius 1 is 0.875 bits per heavy atom. The van der Waals surface area contributed by atoms with Crippen LogP contribution in [0, 0.1) is 6.92 Å². The lowest BCUT2D eigenvalue weighted by Gasteiger charge is -2.28. The highest BCUT2D eigenvalue weighted by molar-refractivity contribution is 5.94. The van der Waals surface area contributed by atoms with E-state index < -0.39 is 12.0 Å². The van der Waals surface area contributed by atoms with Gasteiger partial charge in [0.25, 0.3) is 0 Å². The molecule has 3 aromatic carbocycles. The third-order valence-corrected chi connectivity index (χ3v) is 5.50. The summed E-state index contributed by atoms with van der Waals surface area (Å²) in [4.78, 5) is 26.9. The second kappa shape index (κ2) is 11.1. The molecule has 0 aliphatic carbocycles. The van der Waals surface area contributed by atoms with Crippen LogP contribution in [0.1, 0.15) is 34.7 Å². The van der Waals surface area contributed by atoms with E-state index in [0.29, 0.717) is 0 Å². The van der Waals surface area contributed by atoms with E-state index in [4.69, 9.17) is 0 Å². The van der Waals surface area contributed by atoms with Gasteiger partial charge in [-0.25, -0.2) is 4.79 Å². The van der Waals surface area contributed by atoms with Crippen molar-refractivity contribution in [2.45, 2.75) is 39.3 Å². The first kappa shape index (κ1) is 23.0. The fourth-order valence-corrected chi connectivity index (χ4v) is 3.53. The third-order valence-electron chi connectivity index (χ3n) is 5.50. The molecule has 32 heavy (non-hydrogen) atoms. The van der Waals surface area contributed by atoms with Crippen molar-refractivity contribution in [2.75, 3.05) is 0 Å². The molecule has 1 amide bonds. The molecular weight excluding hydrogens is 398 g/mol. The highest BCUT2D eigenvalue weighted by Gasteiger charge is 2.29. The molecular formula is C28H29NO3. The number of benzene rings is 3. The lowest BCUT2D eigenvalue weighted by Crippen LogP contribution is -2.45. The Morgan fingerprint density at radius 2 is 1.50 bits per heavy atom. The number of carboxylic acid groups (broad SMARTS) is 1. The van der Waals surface area contributed by atoms with Gasteiger partial charge in [0.2, 0.25) is 5.91 Å². The number of amides is 1. The smallest absolute Gasteiger partial charge is 0.326 e. The first-order valence-electron chi connectivity index (χ1n) is 10.9. The minimum atomic E-state index is -1.02. The van der Waals surface area contributed by atoms with Gasteiger partial charge in [-0.1, -0.05) is 91.3 Å². The van der Waals surface area contributed by atoms with Crippen LogP contribution in [0.3, 0.4) is 0 Å². The molecule has 1 N–H and O–H groups in total. The molecule has 1 atom stereocenters. The maximum absolute atomic E-state index is 13.2. The van der Waals surface area contributed by atoms with Crippen molar-refractivity contribution in [3.05, 3.63) is 113 Å². The molecule has 4 heteroatoms. The number of rotatable bonds is 9. The van der Waals surface area contributed by atoms with Crippen LogP contribution in [-0.4, -0.2) is 27.9 Å². The van der Waals surface area contributed by atoms with Crippen LogP contribution >= 0.6 is 0 Å². The van der Waals surface area contributed by atoms with E-state index in [9.17, 15) is 14.7 Å². The number of aryl methyl sites for hydroxylation is 2. The summed E-state index contributed by atoms with van der Waals surface area (Å²) in [5.41, 5.74) is 5.01. The second-order valence-electron chi connectivity index (χ2n) is 7.92.